The minimum absolute atomic E-state index is 0.147. The zero-order valence-corrected chi connectivity index (χ0v) is 16.8. The van der Waals surface area contributed by atoms with Gasteiger partial charge in [0.05, 0.1) is 12.5 Å². The molecule has 4 heteroatoms. The van der Waals surface area contributed by atoms with Crippen LogP contribution in [0.5, 0.6) is 0 Å². The Kier molecular flexibility index (Phi) is 6.80. The van der Waals surface area contributed by atoms with E-state index in [1.807, 2.05) is 72.8 Å². The molecule has 0 aliphatic rings. The molecule has 4 nitrogen and oxygen atoms in total. The molecule has 0 unspecified atom stereocenters. The fraction of sp³-hybridized carbons (Fsp3) is 0.200. The first kappa shape index (κ1) is 20.3. The van der Waals surface area contributed by atoms with E-state index in [1.54, 1.807) is 12.1 Å². The number of anilines is 1. The Morgan fingerprint density at radius 2 is 1.34 bits per heavy atom. The molecule has 0 aliphatic carbocycles. The van der Waals surface area contributed by atoms with Gasteiger partial charge in [-0.1, -0.05) is 74.5 Å². The van der Waals surface area contributed by atoms with Crippen LogP contribution in [0.1, 0.15) is 53.7 Å². The SMILES string of the molecule is CC(C)c1ccc(NC(=O)C[C@H](NC(=O)c2ccccc2)c2ccccc2)cc1. The van der Waals surface area contributed by atoms with Gasteiger partial charge in [0.15, 0.2) is 0 Å². The lowest BCUT2D eigenvalue weighted by atomic mass is 10.0. The molecule has 0 spiro atoms. The largest absolute Gasteiger partial charge is 0.345 e. The van der Waals surface area contributed by atoms with Crippen LogP contribution >= 0.6 is 0 Å². The van der Waals surface area contributed by atoms with Crippen LogP contribution in [0, 0.1) is 0 Å². The summed E-state index contributed by atoms with van der Waals surface area (Å²) in [6, 6.07) is 26.0. The van der Waals surface area contributed by atoms with Gasteiger partial charge in [-0.25, -0.2) is 0 Å². The quantitative estimate of drug-likeness (QED) is 0.578. The lowest BCUT2D eigenvalue weighted by Crippen LogP contribution is -2.31. The van der Waals surface area contributed by atoms with E-state index in [0.29, 0.717) is 11.5 Å². The standard InChI is InChI=1S/C25H26N2O2/c1-18(2)19-13-15-22(16-14-19)26-24(28)17-23(20-9-5-3-6-10-20)27-25(29)21-11-7-4-8-12-21/h3-16,18,23H,17H2,1-2H3,(H,26,28)(H,27,29)/t23-/m0/s1. The van der Waals surface area contributed by atoms with Crippen LogP contribution in [0.25, 0.3) is 0 Å². The van der Waals surface area contributed by atoms with Crippen molar-refractivity contribution in [3.8, 4) is 0 Å². The van der Waals surface area contributed by atoms with Crippen molar-refractivity contribution in [3.63, 3.8) is 0 Å². The van der Waals surface area contributed by atoms with Gasteiger partial charge in [-0.3, -0.25) is 9.59 Å². The smallest absolute Gasteiger partial charge is 0.251 e. The van der Waals surface area contributed by atoms with Crippen molar-refractivity contribution >= 4 is 17.5 Å². The zero-order chi connectivity index (χ0) is 20.6. The van der Waals surface area contributed by atoms with Crippen molar-refractivity contribution in [2.75, 3.05) is 5.32 Å². The molecule has 0 aliphatic heterocycles. The summed E-state index contributed by atoms with van der Waals surface area (Å²) in [4.78, 5) is 25.3. The number of hydrogen-bond acceptors (Lipinski definition) is 2. The Labute approximate surface area is 172 Å². The first-order valence-corrected chi connectivity index (χ1v) is 9.83. The van der Waals surface area contributed by atoms with E-state index >= 15 is 0 Å². The van der Waals surface area contributed by atoms with Crippen LogP contribution < -0.4 is 10.6 Å². The van der Waals surface area contributed by atoms with E-state index in [4.69, 9.17) is 0 Å². The molecule has 0 saturated heterocycles. The Morgan fingerprint density at radius 1 is 0.759 bits per heavy atom. The molecule has 1 atom stereocenters. The molecule has 0 radical (unpaired) electrons. The highest BCUT2D eigenvalue weighted by Crippen LogP contribution is 2.20. The van der Waals surface area contributed by atoms with Crippen molar-refractivity contribution in [2.45, 2.75) is 32.2 Å². The van der Waals surface area contributed by atoms with Crippen molar-refractivity contribution < 1.29 is 9.59 Å². The van der Waals surface area contributed by atoms with Gasteiger partial charge in [0.1, 0.15) is 0 Å². The van der Waals surface area contributed by atoms with Gasteiger partial charge in [-0.15, -0.1) is 0 Å². The highest BCUT2D eigenvalue weighted by molar-refractivity contribution is 5.95. The minimum atomic E-state index is -0.418. The average Bonchev–Trinajstić information content (AvgIpc) is 2.75. The van der Waals surface area contributed by atoms with Crippen molar-refractivity contribution in [1.82, 2.24) is 5.32 Å². The molecule has 0 aromatic heterocycles. The summed E-state index contributed by atoms with van der Waals surface area (Å²) in [6.07, 6.45) is 0.147. The van der Waals surface area contributed by atoms with Gasteiger partial charge in [0, 0.05) is 11.3 Å². The molecule has 0 bridgehead atoms. The Balaban J connectivity index is 1.71. The molecule has 2 N–H and O–H groups in total. The minimum Gasteiger partial charge on any atom is -0.345 e. The molecule has 3 aromatic rings. The molecule has 0 heterocycles. The normalized spacial score (nSPS) is 11.7. The maximum Gasteiger partial charge on any atom is 0.251 e. The van der Waals surface area contributed by atoms with Crippen LogP contribution in [0.15, 0.2) is 84.9 Å². The van der Waals surface area contributed by atoms with Gasteiger partial charge in [0.2, 0.25) is 5.91 Å². The van der Waals surface area contributed by atoms with Crippen molar-refractivity contribution in [2.24, 2.45) is 0 Å². The number of carbonyl (C=O) groups excluding carboxylic acids is 2. The first-order chi connectivity index (χ1) is 14.0. The van der Waals surface area contributed by atoms with Crippen molar-refractivity contribution in [3.05, 3.63) is 102 Å². The monoisotopic (exact) mass is 386 g/mol. The zero-order valence-electron chi connectivity index (χ0n) is 16.8. The molecule has 0 saturated carbocycles. The number of amides is 2. The van der Waals surface area contributed by atoms with Crippen LogP contribution in [0.3, 0.4) is 0 Å². The molecule has 29 heavy (non-hydrogen) atoms. The summed E-state index contributed by atoms with van der Waals surface area (Å²) in [5, 5.41) is 5.92. The number of hydrogen-bond donors (Lipinski definition) is 2. The number of nitrogens with one attached hydrogen (secondary N) is 2. The maximum atomic E-state index is 12.7. The van der Waals surface area contributed by atoms with Gasteiger partial charge >= 0.3 is 0 Å². The molecule has 2 amide bonds. The highest BCUT2D eigenvalue weighted by Gasteiger charge is 2.19. The van der Waals surface area contributed by atoms with E-state index in [1.165, 1.54) is 5.56 Å². The van der Waals surface area contributed by atoms with Crippen molar-refractivity contribution in [1.29, 1.82) is 0 Å². The summed E-state index contributed by atoms with van der Waals surface area (Å²) in [7, 11) is 0. The third-order valence-corrected chi connectivity index (χ3v) is 4.79. The summed E-state index contributed by atoms with van der Waals surface area (Å²) < 4.78 is 0. The van der Waals surface area contributed by atoms with Gasteiger partial charge in [-0.05, 0) is 41.3 Å². The molecular weight excluding hydrogens is 360 g/mol. The Morgan fingerprint density at radius 3 is 1.93 bits per heavy atom. The molecule has 3 rings (SSSR count). The lowest BCUT2D eigenvalue weighted by Gasteiger charge is -2.19. The second-order valence-corrected chi connectivity index (χ2v) is 7.33. The second-order valence-electron chi connectivity index (χ2n) is 7.33. The maximum absolute atomic E-state index is 12.7. The molecule has 0 fully saturated rings. The van der Waals surface area contributed by atoms with Gasteiger partial charge in [-0.2, -0.15) is 0 Å². The average molecular weight is 386 g/mol. The van der Waals surface area contributed by atoms with Crippen LogP contribution in [0.2, 0.25) is 0 Å². The van der Waals surface area contributed by atoms with E-state index in [0.717, 1.165) is 11.3 Å². The second kappa shape index (κ2) is 9.69. The molecule has 3 aromatic carbocycles. The van der Waals surface area contributed by atoms with E-state index in [9.17, 15) is 9.59 Å². The fourth-order valence-electron chi connectivity index (χ4n) is 3.12. The summed E-state index contributed by atoms with van der Waals surface area (Å²) in [5.41, 5.74) is 3.43. The van der Waals surface area contributed by atoms with Crippen LogP contribution in [-0.4, -0.2) is 11.8 Å². The Hall–Kier alpha value is -3.40. The molecular formula is C25H26N2O2. The summed E-state index contributed by atoms with van der Waals surface area (Å²) >= 11 is 0. The highest BCUT2D eigenvalue weighted by atomic mass is 16.2. The van der Waals surface area contributed by atoms with Gasteiger partial charge < -0.3 is 10.6 Å². The van der Waals surface area contributed by atoms with E-state index in [-0.39, 0.29) is 18.2 Å². The topological polar surface area (TPSA) is 58.2 Å². The van der Waals surface area contributed by atoms with Crippen LogP contribution in [0.4, 0.5) is 5.69 Å². The summed E-state index contributed by atoms with van der Waals surface area (Å²) in [5.74, 6) is 0.0912. The number of carbonyl (C=O) groups is 2. The number of benzene rings is 3. The van der Waals surface area contributed by atoms with Gasteiger partial charge in [0.25, 0.3) is 5.91 Å². The van der Waals surface area contributed by atoms with E-state index in [2.05, 4.69) is 24.5 Å². The number of rotatable bonds is 7. The third kappa shape index (κ3) is 5.79. The lowest BCUT2D eigenvalue weighted by molar-refractivity contribution is -0.116. The predicted molar refractivity (Wildman–Crippen MR) is 117 cm³/mol. The molecule has 148 valence electrons. The Bertz CT molecular complexity index is 936. The van der Waals surface area contributed by atoms with E-state index < -0.39 is 6.04 Å². The third-order valence-electron chi connectivity index (χ3n) is 4.79. The first-order valence-electron chi connectivity index (χ1n) is 9.83. The van der Waals surface area contributed by atoms with Crippen LogP contribution in [-0.2, 0) is 4.79 Å². The summed E-state index contributed by atoms with van der Waals surface area (Å²) in [6.45, 7) is 4.26. The fourth-order valence-corrected chi connectivity index (χ4v) is 3.12. The predicted octanol–water partition coefficient (Wildman–Crippen LogP) is 5.31.